The van der Waals surface area contributed by atoms with Crippen LogP contribution in [0.5, 0.6) is 11.5 Å². The van der Waals surface area contributed by atoms with Gasteiger partial charge in [0.15, 0.2) is 16.5 Å². The number of thioether (sulfide) groups is 1. The number of aromatic nitrogens is 2. The van der Waals surface area contributed by atoms with E-state index in [-0.39, 0.29) is 17.1 Å². The zero-order valence-electron chi connectivity index (χ0n) is 12.8. The van der Waals surface area contributed by atoms with Gasteiger partial charge in [-0.15, -0.1) is 0 Å². The van der Waals surface area contributed by atoms with Crippen molar-refractivity contribution in [2.75, 3.05) is 25.6 Å². The van der Waals surface area contributed by atoms with E-state index in [0.717, 1.165) is 29.2 Å². The van der Waals surface area contributed by atoms with Crippen molar-refractivity contribution < 1.29 is 17.9 Å². The van der Waals surface area contributed by atoms with E-state index in [1.165, 1.54) is 16.8 Å². The number of ether oxygens (including phenoxy) is 2. The summed E-state index contributed by atoms with van der Waals surface area (Å²) in [5.74, 6) is 2.27. The first-order valence-electron chi connectivity index (χ1n) is 7.64. The summed E-state index contributed by atoms with van der Waals surface area (Å²) in [6.07, 6.45) is 3.48. The van der Waals surface area contributed by atoms with E-state index in [1.807, 2.05) is 18.2 Å². The average Bonchev–Trinajstić information content (AvgIpc) is 3.21. The van der Waals surface area contributed by atoms with E-state index in [9.17, 15) is 8.42 Å². The third-order valence-corrected chi connectivity index (χ3v) is 7.31. The van der Waals surface area contributed by atoms with Gasteiger partial charge in [0, 0.05) is 24.1 Å². The van der Waals surface area contributed by atoms with Crippen LogP contribution < -0.4 is 9.47 Å². The van der Waals surface area contributed by atoms with E-state index < -0.39 is 10.0 Å². The molecule has 3 heterocycles. The first-order chi connectivity index (χ1) is 11.6. The lowest BCUT2D eigenvalue weighted by molar-refractivity contribution is 0.174. The maximum Gasteiger partial charge on any atom is 0.260 e. The number of sulfonamides is 1. The van der Waals surface area contributed by atoms with E-state index in [2.05, 4.69) is 9.97 Å². The number of aromatic amines is 1. The molecule has 0 saturated carbocycles. The van der Waals surface area contributed by atoms with Gasteiger partial charge in [-0.05, 0) is 24.1 Å². The first kappa shape index (κ1) is 15.8. The van der Waals surface area contributed by atoms with Gasteiger partial charge in [0.1, 0.15) is 0 Å². The van der Waals surface area contributed by atoms with Crippen molar-refractivity contribution in [2.24, 2.45) is 0 Å². The second kappa shape index (κ2) is 6.30. The summed E-state index contributed by atoms with van der Waals surface area (Å²) in [4.78, 5) is 6.50. The molecule has 0 amide bonds. The van der Waals surface area contributed by atoms with Crippen LogP contribution in [-0.4, -0.2) is 48.3 Å². The zero-order valence-corrected chi connectivity index (χ0v) is 14.5. The predicted octanol–water partition coefficient (Wildman–Crippen LogP) is 2.01. The SMILES string of the molecule is O=S(=O)(c1cnc[nH]1)N1CCSC(c2ccc3c(c2)OCO3)CC1. The number of fused-ring (bicyclic) bond motifs is 1. The van der Waals surface area contributed by atoms with Gasteiger partial charge in [-0.3, -0.25) is 0 Å². The second-order valence-electron chi connectivity index (χ2n) is 5.58. The number of imidazole rings is 1. The molecule has 2 aliphatic rings. The van der Waals surface area contributed by atoms with Crippen LogP contribution in [0.25, 0.3) is 0 Å². The Morgan fingerprint density at radius 1 is 1.25 bits per heavy atom. The van der Waals surface area contributed by atoms with Gasteiger partial charge in [0.2, 0.25) is 6.79 Å². The van der Waals surface area contributed by atoms with Crippen molar-refractivity contribution in [3.05, 3.63) is 36.3 Å². The molecule has 1 saturated heterocycles. The molecule has 128 valence electrons. The highest BCUT2D eigenvalue weighted by atomic mass is 32.2. The minimum absolute atomic E-state index is 0.147. The van der Waals surface area contributed by atoms with Crippen LogP contribution in [0.1, 0.15) is 17.2 Å². The topological polar surface area (TPSA) is 84.5 Å². The van der Waals surface area contributed by atoms with Crippen LogP contribution in [0.3, 0.4) is 0 Å². The third kappa shape index (κ3) is 2.87. The Morgan fingerprint density at radius 2 is 2.12 bits per heavy atom. The summed E-state index contributed by atoms with van der Waals surface area (Å²) >= 11 is 1.77. The van der Waals surface area contributed by atoms with Crippen LogP contribution in [-0.2, 0) is 10.0 Å². The molecule has 1 fully saturated rings. The Kier molecular flexibility index (Phi) is 4.15. The van der Waals surface area contributed by atoms with Crippen LogP contribution in [0.15, 0.2) is 35.7 Å². The normalized spacial score (nSPS) is 21.6. The van der Waals surface area contributed by atoms with Crippen LogP contribution in [0, 0.1) is 0 Å². The molecule has 1 N–H and O–H groups in total. The molecule has 1 aromatic heterocycles. The van der Waals surface area contributed by atoms with E-state index in [4.69, 9.17) is 9.47 Å². The Morgan fingerprint density at radius 3 is 2.96 bits per heavy atom. The summed E-state index contributed by atoms with van der Waals surface area (Å²) in [6, 6.07) is 5.95. The maximum atomic E-state index is 12.6. The van der Waals surface area contributed by atoms with E-state index in [0.29, 0.717) is 13.1 Å². The fraction of sp³-hybridized carbons (Fsp3) is 0.400. The van der Waals surface area contributed by atoms with Gasteiger partial charge >= 0.3 is 0 Å². The summed E-state index contributed by atoms with van der Waals surface area (Å²) in [6.45, 7) is 1.23. The summed E-state index contributed by atoms with van der Waals surface area (Å²) in [5, 5.41) is 0.385. The molecule has 0 spiro atoms. The fourth-order valence-electron chi connectivity index (χ4n) is 2.89. The van der Waals surface area contributed by atoms with Crippen LogP contribution in [0.2, 0.25) is 0 Å². The molecule has 0 radical (unpaired) electrons. The van der Waals surface area contributed by atoms with Crippen molar-refractivity contribution in [1.29, 1.82) is 0 Å². The van der Waals surface area contributed by atoms with Gasteiger partial charge in [0.05, 0.1) is 12.5 Å². The largest absolute Gasteiger partial charge is 0.454 e. The Bertz CT molecular complexity index is 823. The number of H-pyrrole nitrogens is 1. The highest BCUT2D eigenvalue weighted by Gasteiger charge is 2.29. The molecule has 2 aliphatic heterocycles. The Hall–Kier alpha value is -1.71. The number of hydrogen-bond donors (Lipinski definition) is 1. The van der Waals surface area contributed by atoms with Gasteiger partial charge in [-0.2, -0.15) is 16.1 Å². The Labute approximate surface area is 144 Å². The van der Waals surface area contributed by atoms with Crippen molar-refractivity contribution in [3.63, 3.8) is 0 Å². The number of hydrogen-bond acceptors (Lipinski definition) is 6. The molecule has 7 nitrogen and oxygen atoms in total. The molecule has 4 rings (SSSR count). The molecule has 1 aromatic carbocycles. The first-order valence-corrected chi connectivity index (χ1v) is 10.1. The Balaban J connectivity index is 1.51. The van der Waals surface area contributed by atoms with Gasteiger partial charge in [-0.25, -0.2) is 13.4 Å². The minimum Gasteiger partial charge on any atom is -0.454 e. The standard InChI is InChI=1S/C15H17N3O4S2/c19-24(20,15-8-16-9-17-15)18-4-3-14(23-6-5-18)11-1-2-12-13(7-11)22-10-21-12/h1-2,7-9,14H,3-6,10H2,(H,16,17). The smallest absolute Gasteiger partial charge is 0.260 e. The molecule has 2 aromatic rings. The summed E-state index contributed by atoms with van der Waals surface area (Å²) in [5.41, 5.74) is 1.14. The van der Waals surface area contributed by atoms with Crippen LogP contribution in [0.4, 0.5) is 0 Å². The lowest BCUT2D eigenvalue weighted by Gasteiger charge is -2.18. The molecular formula is C15H17N3O4S2. The predicted molar refractivity (Wildman–Crippen MR) is 89.7 cm³/mol. The number of rotatable bonds is 3. The van der Waals surface area contributed by atoms with Crippen LogP contribution >= 0.6 is 11.8 Å². The lowest BCUT2D eigenvalue weighted by Crippen LogP contribution is -2.33. The molecule has 9 heteroatoms. The monoisotopic (exact) mass is 367 g/mol. The van der Waals surface area contributed by atoms with Crippen molar-refractivity contribution >= 4 is 21.8 Å². The second-order valence-corrected chi connectivity index (χ2v) is 8.80. The number of nitrogens with zero attached hydrogens (tertiary/aromatic N) is 2. The fourth-order valence-corrected chi connectivity index (χ4v) is 5.58. The summed E-state index contributed by atoms with van der Waals surface area (Å²) < 4.78 is 37.5. The minimum atomic E-state index is -3.50. The van der Waals surface area contributed by atoms with Gasteiger partial charge < -0.3 is 14.5 Å². The van der Waals surface area contributed by atoms with Gasteiger partial charge in [-0.1, -0.05) is 6.07 Å². The maximum absolute atomic E-state index is 12.6. The van der Waals surface area contributed by atoms with E-state index in [1.54, 1.807) is 11.8 Å². The van der Waals surface area contributed by atoms with Crippen molar-refractivity contribution in [1.82, 2.24) is 14.3 Å². The number of nitrogens with one attached hydrogen (secondary N) is 1. The van der Waals surface area contributed by atoms with Crippen molar-refractivity contribution in [2.45, 2.75) is 16.7 Å². The highest BCUT2D eigenvalue weighted by Crippen LogP contribution is 2.40. The molecule has 24 heavy (non-hydrogen) atoms. The molecular weight excluding hydrogens is 350 g/mol. The molecule has 1 unspecified atom stereocenters. The zero-order chi connectivity index (χ0) is 16.6. The number of benzene rings is 1. The molecule has 0 aliphatic carbocycles. The average molecular weight is 367 g/mol. The third-order valence-electron chi connectivity index (χ3n) is 4.16. The lowest BCUT2D eigenvalue weighted by atomic mass is 10.1. The molecule has 0 bridgehead atoms. The van der Waals surface area contributed by atoms with E-state index >= 15 is 0 Å². The highest BCUT2D eigenvalue weighted by molar-refractivity contribution is 7.99. The van der Waals surface area contributed by atoms with Crippen molar-refractivity contribution in [3.8, 4) is 11.5 Å². The summed E-state index contributed by atoms with van der Waals surface area (Å²) in [7, 11) is -3.50. The van der Waals surface area contributed by atoms with Gasteiger partial charge in [0.25, 0.3) is 10.0 Å². The molecule has 1 atom stereocenters. The quantitative estimate of drug-likeness (QED) is 0.893.